The zero-order valence-corrected chi connectivity index (χ0v) is 13.4. The molecule has 0 spiro atoms. The van der Waals surface area contributed by atoms with Gasteiger partial charge in [-0.2, -0.15) is 0 Å². The second kappa shape index (κ2) is 5.77. The summed E-state index contributed by atoms with van der Waals surface area (Å²) < 4.78 is 33.0. The van der Waals surface area contributed by atoms with E-state index in [0.29, 0.717) is 17.0 Å². The lowest BCUT2D eigenvalue weighted by atomic mass is 10.1. The molecule has 21 heavy (non-hydrogen) atoms. The highest BCUT2D eigenvalue weighted by atomic mass is 32.2. The van der Waals surface area contributed by atoms with Gasteiger partial charge in [0.05, 0.1) is 17.7 Å². The van der Waals surface area contributed by atoms with Crippen LogP contribution in [0.5, 0.6) is 5.75 Å². The van der Waals surface area contributed by atoms with Crippen molar-refractivity contribution < 1.29 is 13.2 Å². The summed E-state index contributed by atoms with van der Waals surface area (Å²) in [4.78, 5) is 0.230. The summed E-state index contributed by atoms with van der Waals surface area (Å²) in [6.07, 6.45) is 0. The molecule has 2 rings (SSSR count). The van der Waals surface area contributed by atoms with E-state index >= 15 is 0 Å². The lowest BCUT2D eigenvalue weighted by Gasteiger charge is -2.14. The quantitative estimate of drug-likeness (QED) is 0.941. The number of nitrogens with one attached hydrogen (secondary N) is 1. The molecule has 0 aromatic heterocycles. The maximum atomic E-state index is 12.6. The summed E-state index contributed by atoms with van der Waals surface area (Å²) >= 11 is 0. The van der Waals surface area contributed by atoms with Crippen LogP contribution in [0.15, 0.2) is 41.3 Å². The van der Waals surface area contributed by atoms with E-state index in [1.165, 1.54) is 7.11 Å². The Morgan fingerprint density at radius 3 is 2.24 bits per heavy atom. The maximum absolute atomic E-state index is 12.6. The van der Waals surface area contributed by atoms with Crippen LogP contribution < -0.4 is 9.46 Å². The van der Waals surface area contributed by atoms with Crippen LogP contribution >= 0.6 is 0 Å². The molecule has 0 aliphatic heterocycles. The second-order valence-electron chi connectivity index (χ2n) is 5.01. The van der Waals surface area contributed by atoms with E-state index in [1.54, 1.807) is 25.1 Å². The molecule has 0 unspecified atom stereocenters. The van der Waals surface area contributed by atoms with Crippen molar-refractivity contribution in [3.63, 3.8) is 0 Å². The average Bonchev–Trinajstić information content (AvgIpc) is 2.41. The van der Waals surface area contributed by atoms with Crippen molar-refractivity contribution in [3.8, 4) is 5.75 Å². The number of benzene rings is 2. The molecule has 1 N–H and O–H groups in total. The van der Waals surface area contributed by atoms with Gasteiger partial charge in [0.1, 0.15) is 5.75 Å². The number of hydrogen-bond donors (Lipinski definition) is 1. The Hall–Kier alpha value is -2.01. The number of rotatable bonds is 4. The molecule has 112 valence electrons. The first-order valence-electron chi connectivity index (χ1n) is 6.59. The fraction of sp³-hybridized carbons (Fsp3) is 0.250. The first-order valence-corrected chi connectivity index (χ1v) is 8.07. The lowest BCUT2D eigenvalue weighted by Crippen LogP contribution is -2.15. The fourth-order valence-electron chi connectivity index (χ4n) is 2.21. The van der Waals surface area contributed by atoms with Crippen LogP contribution in [0.1, 0.15) is 16.7 Å². The molecule has 0 atom stereocenters. The van der Waals surface area contributed by atoms with Crippen LogP contribution in [0.2, 0.25) is 0 Å². The highest BCUT2D eigenvalue weighted by Gasteiger charge is 2.19. The van der Waals surface area contributed by atoms with Gasteiger partial charge in [0.15, 0.2) is 0 Å². The molecule has 0 radical (unpaired) electrons. The van der Waals surface area contributed by atoms with Gasteiger partial charge in [-0.1, -0.05) is 24.3 Å². The van der Waals surface area contributed by atoms with Crippen molar-refractivity contribution in [3.05, 3.63) is 53.1 Å². The van der Waals surface area contributed by atoms with Gasteiger partial charge in [0, 0.05) is 6.07 Å². The number of sulfonamides is 1. The van der Waals surface area contributed by atoms with E-state index in [2.05, 4.69) is 4.72 Å². The molecular weight excluding hydrogens is 286 g/mol. The van der Waals surface area contributed by atoms with E-state index in [9.17, 15) is 8.42 Å². The number of ether oxygens (including phenoxy) is 1. The van der Waals surface area contributed by atoms with Crippen molar-refractivity contribution in [1.82, 2.24) is 0 Å². The predicted octanol–water partition coefficient (Wildman–Crippen LogP) is 3.42. The minimum Gasteiger partial charge on any atom is -0.496 e. The van der Waals surface area contributed by atoms with Gasteiger partial charge in [-0.25, -0.2) is 8.42 Å². The molecule has 2 aromatic rings. The van der Waals surface area contributed by atoms with E-state index in [0.717, 1.165) is 11.1 Å². The third-order valence-corrected chi connectivity index (χ3v) is 4.88. The molecule has 0 saturated carbocycles. The van der Waals surface area contributed by atoms with Crippen LogP contribution in [0.3, 0.4) is 0 Å². The molecule has 0 saturated heterocycles. The Labute approximate surface area is 125 Å². The largest absolute Gasteiger partial charge is 0.496 e. The summed E-state index contributed by atoms with van der Waals surface area (Å²) in [5.74, 6) is 0.561. The summed E-state index contributed by atoms with van der Waals surface area (Å²) in [6.45, 7) is 5.52. The van der Waals surface area contributed by atoms with Crippen LogP contribution in [0, 0.1) is 20.8 Å². The van der Waals surface area contributed by atoms with E-state index in [-0.39, 0.29) is 4.90 Å². The van der Waals surface area contributed by atoms with Crippen molar-refractivity contribution in [2.24, 2.45) is 0 Å². The molecule has 5 heteroatoms. The minimum absolute atomic E-state index is 0.230. The third kappa shape index (κ3) is 3.19. The SMILES string of the molecule is COc1cc(S(=O)(=O)Nc2ccccc2C)c(C)cc1C. The Morgan fingerprint density at radius 1 is 0.952 bits per heavy atom. The molecule has 4 nitrogen and oxygen atoms in total. The normalized spacial score (nSPS) is 11.2. The molecule has 0 fully saturated rings. The highest BCUT2D eigenvalue weighted by molar-refractivity contribution is 7.92. The summed E-state index contributed by atoms with van der Waals surface area (Å²) in [6, 6.07) is 10.6. The number of aryl methyl sites for hydroxylation is 3. The van der Waals surface area contributed by atoms with Crippen LogP contribution in [-0.4, -0.2) is 15.5 Å². The summed E-state index contributed by atoms with van der Waals surface area (Å²) in [7, 11) is -2.12. The fourth-order valence-corrected chi connectivity index (χ4v) is 3.58. The summed E-state index contributed by atoms with van der Waals surface area (Å²) in [5, 5.41) is 0. The van der Waals surface area contributed by atoms with Crippen molar-refractivity contribution in [2.45, 2.75) is 25.7 Å². The van der Waals surface area contributed by atoms with Crippen molar-refractivity contribution in [1.29, 1.82) is 0 Å². The Balaban J connectivity index is 2.47. The highest BCUT2D eigenvalue weighted by Crippen LogP contribution is 2.27. The Bertz CT molecular complexity index is 767. The average molecular weight is 305 g/mol. The van der Waals surface area contributed by atoms with Gasteiger partial charge in [-0.3, -0.25) is 4.72 Å². The molecule has 0 aliphatic carbocycles. The van der Waals surface area contributed by atoms with Gasteiger partial charge in [-0.15, -0.1) is 0 Å². The number of anilines is 1. The monoisotopic (exact) mass is 305 g/mol. The van der Waals surface area contributed by atoms with Crippen LogP contribution in [0.25, 0.3) is 0 Å². The number of para-hydroxylation sites is 1. The molecule has 0 aliphatic rings. The molecule has 0 bridgehead atoms. The topological polar surface area (TPSA) is 55.4 Å². The van der Waals surface area contributed by atoms with Gasteiger partial charge >= 0.3 is 0 Å². The molecule has 0 amide bonds. The number of methoxy groups -OCH3 is 1. The first kappa shape index (κ1) is 15.4. The molecular formula is C16H19NO3S. The third-order valence-electron chi connectivity index (χ3n) is 3.37. The smallest absolute Gasteiger partial charge is 0.262 e. The van der Waals surface area contributed by atoms with Gasteiger partial charge in [-0.05, 0) is 43.5 Å². The predicted molar refractivity (Wildman–Crippen MR) is 84.5 cm³/mol. The minimum atomic E-state index is -3.65. The lowest BCUT2D eigenvalue weighted by molar-refractivity contribution is 0.410. The van der Waals surface area contributed by atoms with Crippen molar-refractivity contribution in [2.75, 3.05) is 11.8 Å². The molecule has 2 aromatic carbocycles. The van der Waals surface area contributed by atoms with Gasteiger partial charge in [0.25, 0.3) is 10.0 Å². The number of hydrogen-bond acceptors (Lipinski definition) is 3. The van der Waals surface area contributed by atoms with E-state index < -0.39 is 10.0 Å². The van der Waals surface area contributed by atoms with E-state index in [1.807, 2.05) is 32.0 Å². The first-order chi connectivity index (χ1) is 9.85. The van der Waals surface area contributed by atoms with Crippen LogP contribution in [0.4, 0.5) is 5.69 Å². The summed E-state index contributed by atoms with van der Waals surface area (Å²) in [5.41, 5.74) is 3.05. The Morgan fingerprint density at radius 2 is 1.62 bits per heavy atom. The van der Waals surface area contributed by atoms with Crippen molar-refractivity contribution >= 4 is 15.7 Å². The second-order valence-corrected chi connectivity index (χ2v) is 6.66. The zero-order chi connectivity index (χ0) is 15.6. The zero-order valence-electron chi connectivity index (χ0n) is 12.6. The standard InChI is InChI=1S/C16H19NO3S/c1-11-7-5-6-8-14(11)17-21(18,19)16-10-15(20-4)12(2)9-13(16)3/h5-10,17H,1-4H3. The van der Waals surface area contributed by atoms with Crippen LogP contribution in [-0.2, 0) is 10.0 Å². The van der Waals surface area contributed by atoms with Gasteiger partial charge in [0.2, 0.25) is 0 Å². The van der Waals surface area contributed by atoms with E-state index in [4.69, 9.17) is 4.74 Å². The Kier molecular flexibility index (Phi) is 4.23. The molecule has 0 heterocycles. The maximum Gasteiger partial charge on any atom is 0.262 e. The van der Waals surface area contributed by atoms with Gasteiger partial charge < -0.3 is 4.74 Å².